The number of alkyl carbamates (subject to hydrolysis) is 1. The molecule has 9 atom stereocenters. The summed E-state index contributed by atoms with van der Waals surface area (Å²) < 4.78 is 5.92. The fourth-order valence-corrected chi connectivity index (χ4v) is 10.2. The highest BCUT2D eigenvalue weighted by Crippen LogP contribution is 2.68. The Kier molecular flexibility index (Phi) is 10.2. The zero-order chi connectivity index (χ0) is 27.5. The van der Waals surface area contributed by atoms with Crippen molar-refractivity contribution in [3.63, 3.8) is 0 Å². The highest BCUT2D eigenvalue weighted by Gasteiger charge is 2.60. The van der Waals surface area contributed by atoms with E-state index in [-0.39, 0.29) is 18.8 Å². The Morgan fingerprint density at radius 2 is 1.71 bits per heavy atom. The number of nitrogens with one attached hydrogen (secondary N) is 1. The van der Waals surface area contributed by atoms with Crippen LogP contribution in [0.25, 0.3) is 0 Å². The van der Waals surface area contributed by atoms with Gasteiger partial charge in [-0.1, -0.05) is 53.9 Å². The van der Waals surface area contributed by atoms with E-state index in [1.807, 2.05) is 11.9 Å². The van der Waals surface area contributed by atoms with Crippen molar-refractivity contribution in [2.45, 2.75) is 118 Å². The molecule has 5 heteroatoms. The van der Waals surface area contributed by atoms with Gasteiger partial charge in [0.15, 0.2) is 0 Å². The second-order valence-corrected chi connectivity index (χ2v) is 14.9. The van der Waals surface area contributed by atoms with Crippen molar-refractivity contribution in [3.05, 3.63) is 0 Å². The van der Waals surface area contributed by atoms with Crippen LogP contribution in [-0.2, 0) is 4.74 Å². The monoisotopic (exact) mass is 532 g/mol. The maximum atomic E-state index is 12.5. The van der Waals surface area contributed by atoms with Crippen molar-refractivity contribution in [3.8, 4) is 0 Å². The van der Waals surface area contributed by atoms with E-state index in [9.17, 15) is 4.79 Å². The highest BCUT2D eigenvalue weighted by molar-refractivity contribution is 5.67. The van der Waals surface area contributed by atoms with E-state index in [0.717, 1.165) is 54.9 Å². The minimum absolute atomic E-state index is 0.0659. The van der Waals surface area contributed by atoms with Crippen molar-refractivity contribution in [2.75, 3.05) is 33.3 Å². The minimum Gasteiger partial charge on any atom is -0.446 e. The first kappa shape index (κ1) is 30.2. The third-order valence-corrected chi connectivity index (χ3v) is 12.3. The predicted octanol–water partition coefficient (Wildman–Crippen LogP) is 7.13. The molecule has 0 aromatic heterocycles. The lowest BCUT2D eigenvalue weighted by Crippen LogP contribution is -2.54. The number of aliphatic hydroxyl groups excluding tert-OH is 1. The number of hydrogen-bond donors (Lipinski definition) is 2. The van der Waals surface area contributed by atoms with Gasteiger partial charge in [-0.25, -0.2) is 4.79 Å². The molecule has 0 aliphatic heterocycles. The number of amides is 1. The van der Waals surface area contributed by atoms with Gasteiger partial charge in [-0.3, -0.25) is 0 Å². The van der Waals surface area contributed by atoms with Crippen LogP contribution in [0.1, 0.15) is 112 Å². The maximum Gasteiger partial charge on any atom is 0.407 e. The molecule has 0 aromatic carbocycles. The third kappa shape index (κ3) is 6.40. The van der Waals surface area contributed by atoms with Gasteiger partial charge in [0.05, 0.1) is 6.61 Å². The molecule has 4 saturated carbocycles. The standard InChI is InChI=1S/C33H60N2O3/c1-23(2)8-7-9-24(3)28-12-13-29-27-11-10-25-22-26(38-31(37)34-18-19-35(6)20-21-36)14-16-32(25,4)30(27)15-17-33(28,29)5/h23-30,36H,7-22H2,1-6H3,(H,34,37)/t24-,25?,26?,27?,28-,29+,30+,32?,33?/m1/s1. The number of rotatable bonds is 11. The second kappa shape index (κ2) is 12.8. The van der Waals surface area contributed by atoms with Crippen LogP contribution >= 0.6 is 0 Å². The summed E-state index contributed by atoms with van der Waals surface area (Å²) in [5, 5.41) is 12.0. The number of ether oxygens (including phenoxy) is 1. The topological polar surface area (TPSA) is 61.8 Å². The highest BCUT2D eigenvalue weighted by atomic mass is 16.6. The Morgan fingerprint density at radius 1 is 0.974 bits per heavy atom. The summed E-state index contributed by atoms with van der Waals surface area (Å²) >= 11 is 0. The van der Waals surface area contributed by atoms with E-state index in [1.54, 1.807) is 0 Å². The molecule has 220 valence electrons. The molecule has 0 spiro atoms. The third-order valence-electron chi connectivity index (χ3n) is 12.3. The fourth-order valence-electron chi connectivity index (χ4n) is 10.2. The van der Waals surface area contributed by atoms with Crippen molar-refractivity contribution in [2.24, 2.45) is 52.3 Å². The molecule has 0 saturated heterocycles. The largest absolute Gasteiger partial charge is 0.446 e. The summed E-state index contributed by atoms with van der Waals surface area (Å²) in [4.78, 5) is 14.5. The zero-order valence-electron chi connectivity index (χ0n) is 25.6. The Bertz CT molecular complexity index is 773. The number of carbonyl (C=O) groups is 1. The number of fused-ring (bicyclic) bond motifs is 5. The number of aliphatic hydroxyl groups is 1. The molecule has 0 radical (unpaired) electrons. The van der Waals surface area contributed by atoms with Crippen LogP contribution < -0.4 is 5.32 Å². The molecule has 5 unspecified atom stereocenters. The Morgan fingerprint density at radius 3 is 2.45 bits per heavy atom. The minimum atomic E-state index is -0.266. The van der Waals surface area contributed by atoms with Gasteiger partial charge < -0.3 is 20.1 Å². The van der Waals surface area contributed by atoms with Gasteiger partial charge in [-0.15, -0.1) is 0 Å². The predicted molar refractivity (Wildman–Crippen MR) is 156 cm³/mol. The maximum absolute atomic E-state index is 12.5. The molecule has 38 heavy (non-hydrogen) atoms. The summed E-state index contributed by atoms with van der Waals surface area (Å²) in [6.45, 7) is 14.7. The summed E-state index contributed by atoms with van der Waals surface area (Å²) in [6, 6.07) is 0. The molecule has 4 rings (SSSR count). The van der Waals surface area contributed by atoms with Gasteiger partial charge >= 0.3 is 6.09 Å². The molecule has 4 aliphatic rings. The van der Waals surface area contributed by atoms with Gasteiger partial charge in [0, 0.05) is 19.6 Å². The quantitative estimate of drug-likeness (QED) is 0.297. The number of carbonyl (C=O) groups excluding carboxylic acids is 1. The molecule has 4 fully saturated rings. The van der Waals surface area contributed by atoms with E-state index in [1.165, 1.54) is 64.2 Å². The number of hydrogen-bond acceptors (Lipinski definition) is 4. The lowest BCUT2D eigenvalue weighted by Gasteiger charge is -2.61. The van der Waals surface area contributed by atoms with Gasteiger partial charge in [0.25, 0.3) is 0 Å². The van der Waals surface area contributed by atoms with Crippen LogP contribution in [0.5, 0.6) is 0 Å². The van der Waals surface area contributed by atoms with E-state index in [0.29, 0.717) is 29.8 Å². The van der Waals surface area contributed by atoms with Crippen molar-refractivity contribution >= 4 is 6.09 Å². The first-order valence-electron chi connectivity index (χ1n) is 16.3. The summed E-state index contributed by atoms with van der Waals surface area (Å²) in [7, 11) is 1.95. The van der Waals surface area contributed by atoms with E-state index < -0.39 is 0 Å². The lowest BCUT2D eigenvalue weighted by molar-refractivity contribution is -0.129. The van der Waals surface area contributed by atoms with Crippen molar-refractivity contribution in [1.82, 2.24) is 10.2 Å². The molecule has 4 aliphatic carbocycles. The van der Waals surface area contributed by atoms with Crippen LogP contribution in [0, 0.1) is 52.3 Å². The average molecular weight is 533 g/mol. The van der Waals surface area contributed by atoms with Crippen LogP contribution in [0.3, 0.4) is 0 Å². The van der Waals surface area contributed by atoms with E-state index in [2.05, 4.69) is 39.9 Å². The summed E-state index contributed by atoms with van der Waals surface area (Å²) in [6.07, 6.45) is 15.8. The van der Waals surface area contributed by atoms with Gasteiger partial charge in [0.1, 0.15) is 6.10 Å². The van der Waals surface area contributed by atoms with Crippen LogP contribution in [0.2, 0.25) is 0 Å². The normalized spacial score (nSPS) is 39.4. The van der Waals surface area contributed by atoms with Gasteiger partial charge in [0.2, 0.25) is 0 Å². The summed E-state index contributed by atoms with van der Waals surface area (Å²) in [5.74, 6) is 6.05. The second-order valence-electron chi connectivity index (χ2n) is 14.9. The average Bonchev–Trinajstić information content (AvgIpc) is 3.21. The van der Waals surface area contributed by atoms with Crippen LogP contribution in [-0.4, -0.2) is 55.5 Å². The first-order chi connectivity index (χ1) is 18.1. The van der Waals surface area contributed by atoms with Crippen LogP contribution in [0.4, 0.5) is 4.79 Å². The summed E-state index contributed by atoms with van der Waals surface area (Å²) in [5.41, 5.74) is 0.986. The molecule has 2 N–H and O–H groups in total. The number of likely N-dealkylation sites (N-methyl/N-ethyl adjacent to an activating group) is 1. The zero-order valence-corrected chi connectivity index (χ0v) is 25.6. The molecule has 0 heterocycles. The molecule has 5 nitrogen and oxygen atoms in total. The Hall–Kier alpha value is -0.810. The van der Waals surface area contributed by atoms with E-state index in [4.69, 9.17) is 9.84 Å². The van der Waals surface area contributed by atoms with Crippen LogP contribution in [0.15, 0.2) is 0 Å². The van der Waals surface area contributed by atoms with Crippen molar-refractivity contribution in [1.29, 1.82) is 0 Å². The Balaban J connectivity index is 1.30. The molecular formula is C33H60N2O3. The van der Waals surface area contributed by atoms with Gasteiger partial charge in [-0.2, -0.15) is 0 Å². The number of nitrogens with zero attached hydrogens (tertiary/aromatic N) is 1. The van der Waals surface area contributed by atoms with E-state index >= 15 is 0 Å². The first-order valence-corrected chi connectivity index (χ1v) is 16.3. The smallest absolute Gasteiger partial charge is 0.407 e. The molecule has 1 amide bonds. The van der Waals surface area contributed by atoms with Gasteiger partial charge in [-0.05, 0) is 117 Å². The molecular weight excluding hydrogens is 472 g/mol. The fraction of sp³-hybridized carbons (Fsp3) is 0.970. The lowest BCUT2D eigenvalue weighted by atomic mass is 9.44. The van der Waals surface area contributed by atoms with Crippen molar-refractivity contribution < 1.29 is 14.6 Å². The Labute approximate surface area is 234 Å². The molecule has 0 bridgehead atoms. The SMILES string of the molecule is CC(C)CCC[C@@H](C)[C@H]1CC[C@H]2C3CCC4CC(OC(=O)NCCN(C)CCO)CCC4(C)[C@H]3CCC12C. The molecule has 0 aromatic rings.